The SMILES string of the molecule is C=C(C)C(=O)OCC(COC(=O)C(=C)C)OC(=O)CCSCCCP(=O)(O)O.C=C(C)C(=O)OCC(COC(=O)C(=C)C)OC(=O)CCSCCCP(=O)(OCC)OCC. The number of hydrogen-bond donors (Lipinski definition) is 2. The van der Waals surface area contributed by atoms with Crippen LogP contribution in [0.15, 0.2) is 48.6 Å². The number of rotatable bonds is 32. The molecule has 0 heterocycles. The van der Waals surface area contributed by atoms with Crippen molar-refractivity contribution in [3.8, 4) is 0 Å². The third-order valence-electron chi connectivity index (χ3n) is 6.60. The summed E-state index contributed by atoms with van der Waals surface area (Å²) in [5, 5.41) is 0. The van der Waals surface area contributed by atoms with Gasteiger partial charge in [-0.1, -0.05) is 26.3 Å². The van der Waals surface area contributed by atoms with Crippen LogP contribution in [0.3, 0.4) is 0 Å². The van der Waals surface area contributed by atoms with Crippen LogP contribution in [0.2, 0.25) is 0 Å². The van der Waals surface area contributed by atoms with E-state index in [9.17, 15) is 37.9 Å². The van der Waals surface area contributed by atoms with Crippen LogP contribution in [0.5, 0.6) is 0 Å². The Bertz CT molecular complexity index is 1470. The van der Waals surface area contributed by atoms with Gasteiger partial charge in [-0.2, -0.15) is 23.5 Å². The second-order valence-electron chi connectivity index (χ2n) is 12.7. The Hall–Kier alpha value is -3.22. The summed E-state index contributed by atoms with van der Waals surface area (Å²) in [7, 11) is -7.05. The second kappa shape index (κ2) is 33.4. The van der Waals surface area contributed by atoms with Crippen molar-refractivity contribution in [1.82, 2.24) is 0 Å². The number of hydrogen-bond acceptors (Lipinski definition) is 18. The van der Waals surface area contributed by atoms with Crippen LogP contribution in [-0.4, -0.2) is 133 Å². The number of carbonyl (C=O) groups excluding carboxylic acids is 6. The molecule has 0 radical (unpaired) electrons. The number of thioether (sulfide) groups is 2. The maximum atomic E-state index is 12.4. The molecule has 0 aliphatic rings. The van der Waals surface area contributed by atoms with E-state index in [4.69, 9.17) is 47.3 Å². The summed E-state index contributed by atoms with van der Waals surface area (Å²) < 4.78 is 63.9. The van der Waals surface area contributed by atoms with Crippen molar-refractivity contribution in [2.24, 2.45) is 0 Å². The van der Waals surface area contributed by atoms with Gasteiger partial charge in [0.1, 0.15) is 26.4 Å². The van der Waals surface area contributed by atoms with E-state index in [1.54, 1.807) is 13.8 Å². The van der Waals surface area contributed by atoms with Gasteiger partial charge in [0, 0.05) is 33.8 Å². The van der Waals surface area contributed by atoms with E-state index in [1.165, 1.54) is 51.2 Å². The molecule has 22 heteroatoms. The lowest BCUT2D eigenvalue weighted by Crippen LogP contribution is -2.31. The van der Waals surface area contributed by atoms with Crippen molar-refractivity contribution in [3.05, 3.63) is 48.6 Å². The molecular formula is C38H62O18P2S2. The van der Waals surface area contributed by atoms with Gasteiger partial charge in [0.15, 0.2) is 12.2 Å². The molecule has 0 saturated heterocycles. The quantitative estimate of drug-likeness (QED) is 0.0268. The first-order valence-corrected chi connectivity index (χ1v) is 24.6. The molecule has 0 aromatic heterocycles. The van der Waals surface area contributed by atoms with Crippen LogP contribution >= 0.6 is 38.7 Å². The minimum atomic E-state index is -4.00. The minimum Gasteiger partial charge on any atom is -0.458 e. The molecule has 0 amide bonds. The van der Waals surface area contributed by atoms with E-state index < -0.39 is 63.2 Å². The Labute approximate surface area is 361 Å². The molecule has 0 aliphatic heterocycles. The Morgan fingerprint density at radius 3 is 1.10 bits per heavy atom. The van der Waals surface area contributed by atoms with Crippen molar-refractivity contribution in [2.45, 2.75) is 79.4 Å². The topological polar surface area (TPSA) is 251 Å². The van der Waals surface area contributed by atoms with Gasteiger partial charge in [0.25, 0.3) is 0 Å². The zero-order chi connectivity index (χ0) is 46.3. The Balaban J connectivity index is 0. The summed E-state index contributed by atoms with van der Waals surface area (Å²) >= 11 is 2.86. The summed E-state index contributed by atoms with van der Waals surface area (Å²) in [6.07, 6.45) is -0.696. The highest BCUT2D eigenvalue weighted by atomic mass is 32.2. The summed E-state index contributed by atoms with van der Waals surface area (Å²) in [6, 6.07) is 0. The van der Waals surface area contributed by atoms with E-state index in [1.807, 2.05) is 0 Å². The van der Waals surface area contributed by atoms with Gasteiger partial charge >= 0.3 is 51.0 Å². The third kappa shape index (κ3) is 33.5. The highest BCUT2D eigenvalue weighted by molar-refractivity contribution is 7.99. The minimum absolute atomic E-state index is 0.0416. The molecule has 0 rings (SSSR count). The fourth-order valence-electron chi connectivity index (χ4n) is 3.70. The van der Waals surface area contributed by atoms with Crippen LogP contribution in [0.4, 0.5) is 0 Å². The van der Waals surface area contributed by atoms with Crippen LogP contribution in [0.25, 0.3) is 0 Å². The maximum absolute atomic E-state index is 12.4. The highest BCUT2D eigenvalue weighted by Gasteiger charge is 2.24. The molecule has 0 saturated carbocycles. The van der Waals surface area contributed by atoms with Crippen molar-refractivity contribution in [3.63, 3.8) is 0 Å². The fourth-order valence-corrected chi connectivity index (χ4v) is 8.09. The summed E-state index contributed by atoms with van der Waals surface area (Å²) in [4.78, 5) is 87.7. The lowest BCUT2D eigenvalue weighted by atomic mass is 10.3. The standard InChI is InChI=1S/C21H35O9PS.C17H27O9PS/c1-7-28-31(25,29-8-2)11-9-12-32-13-10-19(22)30-18(14-26-20(23)16(3)4)15-27-21(24)17(5)6;1-12(2)16(19)24-10-14(11-25-17(20)13(3)4)26-15(18)6-9-28-8-5-7-27(21,22)23/h18H,3,5,7-15H2,1-2,4,6H3;14H,1,3,5-11H2,2,4H3,(H2,21,22,23). The van der Waals surface area contributed by atoms with Crippen molar-refractivity contribution in [1.29, 1.82) is 0 Å². The smallest absolute Gasteiger partial charge is 0.333 e. The second-order valence-corrected chi connectivity index (χ2v) is 19.1. The Kier molecular flexibility index (Phi) is 32.8. The number of carbonyl (C=O) groups is 6. The molecule has 0 unspecified atom stereocenters. The van der Waals surface area contributed by atoms with Crippen LogP contribution in [0.1, 0.15) is 67.2 Å². The Morgan fingerprint density at radius 2 is 0.833 bits per heavy atom. The van der Waals surface area contributed by atoms with Gasteiger partial charge in [-0.3, -0.25) is 18.7 Å². The van der Waals surface area contributed by atoms with Gasteiger partial charge in [-0.15, -0.1) is 0 Å². The number of ether oxygens (including phenoxy) is 6. The molecule has 60 heavy (non-hydrogen) atoms. The average Bonchev–Trinajstić information content (AvgIpc) is 3.15. The molecule has 0 fully saturated rings. The van der Waals surface area contributed by atoms with Crippen molar-refractivity contribution >= 4 is 74.5 Å². The molecule has 344 valence electrons. The van der Waals surface area contributed by atoms with Crippen molar-refractivity contribution < 1.29 is 85.2 Å². The lowest BCUT2D eigenvalue weighted by Gasteiger charge is -2.18. The van der Waals surface area contributed by atoms with E-state index in [0.717, 1.165) is 0 Å². The van der Waals surface area contributed by atoms with E-state index in [0.29, 0.717) is 55.2 Å². The van der Waals surface area contributed by atoms with Gasteiger partial charge in [0.05, 0.1) is 38.4 Å². The monoisotopic (exact) mass is 932 g/mol. The lowest BCUT2D eigenvalue weighted by molar-refractivity contribution is -0.164. The summed E-state index contributed by atoms with van der Waals surface area (Å²) in [5.41, 5.74) is 0.749. The van der Waals surface area contributed by atoms with E-state index >= 15 is 0 Å². The van der Waals surface area contributed by atoms with Gasteiger partial charge < -0.3 is 47.3 Å². The molecule has 2 N–H and O–H groups in total. The number of esters is 6. The molecule has 0 aliphatic carbocycles. The first kappa shape index (κ1) is 58.9. The molecule has 0 aromatic carbocycles. The van der Waals surface area contributed by atoms with Crippen LogP contribution in [-0.2, 0) is 75.4 Å². The summed E-state index contributed by atoms with van der Waals surface area (Å²) in [6.45, 7) is 22.8. The molecular weight excluding hydrogens is 870 g/mol. The van der Waals surface area contributed by atoms with Crippen LogP contribution < -0.4 is 0 Å². The fraction of sp³-hybridized carbons (Fsp3) is 0.632. The zero-order valence-corrected chi connectivity index (χ0v) is 38.9. The van der Waals surface area contributed by atoms with E-state index in [-0.39, 0.29) is 67.7 Å². The van der Waals surface area contributed by atoms with Gasteiger partial charge in [-0.05, 0) is 65.9 Å². The first-order valence-electron chi connectivity index (χ1n) is 18.7. The van der Waals surface area contributed by atoms with Gasteiger partial charge in [0.2, 0.25) is 0 Å². The first-order chi connectivity index (χ1) is 28.0. The Morgan fingerprint density at radius 1 is 0.533 bits per heavy atom. The summed E-state index contributed by atoms with van der Waals surface area (Å²) in [5.74, 6) is -1.64. The van der Waals surface area contributed by atoms with Crippen molar-refractivity contribution in [2.75, 3.05) is 75.0 Å². The van der Waals surface area contributed by atoms with E-state index in [2.05, 4.69) is 26.3 Å². The predicted molar refractivity (Wildman–Crippen MR) is 229 cm³/mol. The van der Waals surface area contributed by atoms with Gasteiger partial charge in [-0.25, -0.2) is 19.2 Å². The third-order valence-corrected chi connectivity index (χ3v) is 11.8. The average molecular weight is 933 g/mol. The molecule has 0 spiro atoms. The largest absolute Gasteiger partial charge is 0.458 e. The molecule has 0 atom stereocenters. The predicted octanol–water partition coefficient (Wildman–Crippen LogP) is 5.74. The normalized spacial score (nSPS) is 11.1. The highest BCUT2D eigenvalue weighted by Crippen LogP contribution is 2.48. The molecule has 18 nitrogen and oxygen atoms in total. The van der Waals surface area contributed by atoms with Crippen LogP contribution in [0, 0.1) is 0 Å². The molecule has 0 aromatic rings. The zero-order valence-electron chi connectivity index (χ0n) is 35.4. The maximum Gasteiger partial charge on any atom is 0.333 e. The molecule has 0 bridgehead atoms.